The Morgan fingerprint density at radius 3 is 2.67 bits per heavy atom. The highest BCUT2D eigenvalue weighted by atomic mass is 16.3. The first-order chi connectivity index (χ1) is 4.19. The molecule has 0 bridgehead atoms. The van der Waals surface area contributed by atoms with Crippen LogP contribution in [0.5, 0.6) is 0 Å². The molecule has 1 fully saturated rings. The second-order valence-electron chi connectivity index (χ2n) is 2.39. The van der Waals surface area contributed by atoms with E-state index in [1.165, 1.54) is 0 Å². The van der Waals surface area contributed by atoms with Crippen LogP contribution >= 0.6 is 0 Å². The Hall–Kier alpha value is -0.570. The predicted octanol–water partition coefficient (Wildman–Crippen LogP) is -0.353. The molecule has 1 aliphatic rings. The Morgan fingerprint density at radius 1 is 1.78 bits per heavy atom. The number of hydrogen-bond donors (Lipinski definition) is 2. The van der Waals surface area contributed by atoms with E-state index in [2.05, 4.69) is 5.32 Å². The van der Waals surface area contributed by atoms with Crippen molar-refractivity contribution >= 4 is 5.91 Å². The topological polar surface area (TPSA) is 49.3 Å². The van der Waals surface area contributed by atoms with Crippen molar-refractivity contribution in [2.24, 2.45) is 0 Å². The van der Waals surface area contributed by atoms with E-state index in [1.54, 1.807) is 0 Å². The van der Waals surface area contributed by atoms with Crippen LogP contribution in [-0.2, 0) is 4.79 Å². The molecule has 2 N–H and O–H groups in total. The number of hydrogen-bond acceptors (Lipinski definition) is 2. The van der Waals surface area contributed by atoms with Gasteiger partial charge in [-0.05, 0) is 19.8 Å². The van der Waals surface area contributed by atoms with Crippen molar-refractivity contribution in [1.29, 1.82) is 0 Å². The van der Waals surface area contributed by atoms with Gasteiger partial charge in [-0.15, -0.1) is 0 Å². The highest BCUT2D eigenvalue weighted by Crippen LogP contribution is 2.34. The summed E-state index contributed by atoms with van der Waals surface area (Å²) in [6.45, 7) is 2.44. The number of likely N-dealkylation sites (N-methyl/N-ethyl adjacent to an activating group) is 1. The number of carbonyl (C=O) groups excluding carboxylic acids is 1. The van der Waals surface area contributed by atoms with Crippen molar-refractivity contribution in [3.8, 4) is 0 Å². The van der Waals surface area contributed by atoms with Crippen LogP contribution in [0.4, 0.5) is 0 Å². The molecule has 1 saturated carbocycles. The number of carbonyl (C=O) groups is 1. The van der Waals surface area contributed by atoms with E-state index in [-0.39, 0.29) is 5.91 Å². The van der Waals surface area contributed by atoms with E-state index in [0.717, 1.165) is 0 Å². The fraction of sp³-hybridized carbons (Fsp3) is 0.833. The predicted molar refractivity (Wildman–Crippen MR) is 32.9 cm³/mol. The normalized spacial score (nSPS) is 21.1. The smallest absolute Gasteiger partial charge is 0.251 e. The summed E-state index contributed by atoms with van der Waals surface area (Å²) < 4.78 is 0. The maximum Gasteiger partial charge on any atom is 0.251 e. The molecule has 52 valence electrons. The van der Waals surface area contributed by atoms with Gasteiger partial charge >= 0.3 is 0 Å². The molecule has 9 heavy (non-hydrogen) atoms. The van der Waals surface area contributed by atoms with Crippen molar-refractivity contribution in [2.75, 3.05) is 6.54 Å². The van der Waals surface area contributed by atoms with Gasteiger partial charge < -0.3 is 10.4 Å². The first kappa shape index (κ1) is 6.55. The minimum atomic E-state index is -0.990. The molecule has 0 radical (unpaired) electrons. The molecule has 0 heterocycles. The number of amides is 1. The third-order valence-electron chi connectivity index (χ3n) is 1.48. The molecule has 1 amide bonds. The zero-order valence-electron chi connectivity index (χ0n) is 5.48. The molecular formula is C6H11NO2. The molecule has 3 nitrogen and oxygen atoms in total. The maximum atomic E-state index is 10.8. The van der Waals surface area contributed by atoms with E-state index >= 15 is 0 Å². The molecular weight excluding hydrogens is 118 g/mol. The van der Waals surface area contributed by atoms with Gasteiger partial charge in [-0.1, -0.05) is 0 Å². The van der Waals surface area contributed by atoms with Crippen molar-refractivity contribution in [2.45, 2.75) is 25.4 Å². The molecule has 0 aromatic carbocycles. The standard InChI is InChI=1S/C6H11NO2/c1-2-7-5(8)6(9)3-4-6/h9H,2-4H2,1H3,(H,7,8). The summed E-state index contributed by atoms with van der Waals surface area (Å²) >= 11 is 0. The quantitative estimate of drug-likeness (QED) is 0.535. The van der Waals surface area contributed by atoms with Crippen LogP contribution in [-0.4, -0.2) is 23.2 Å². The first-order valence-corrected chi connectivity index (χ1v) is 3.20. The van der Waals surface area contributed by atoms with Crippen molar-refractivity contribution < 1.29 is 9.90 Å². The lowest BCUT2D eigenvalue weighted by Crippen LogP contribution is -2.35. The van der Waals surface area contributed by atoms with Gasteiger partial charge in [0.05, 0.1) is 0 Å². The average Bonchev–Trinajstić information content (AvgIpc) is 2.50. The summed E-state index contributed by atoms with van der Waals surface area (Å²) in [4.78, 5) is 10.8. The summed E-state index contributed by atoms with van der Waals surface area (Å²) in [6.07, 6.45) is 1.25. The number of nitrogens with one attached hydrogen (secondary N) is 1. The highest BCUT2D eigenvalue weighted by molar-refractivity contribution is 5.87. The minimum Gasteiger partial charge on any atom is -0.380 e. The Kier molecular flexibility index (Phi) is 1.45. The van der Waals surface area contributed by atoms with Gasteiger partial charge in [0.15, 0.2) is 0 Å². The van der Waals surface area contributed by atoms with Crippen LogP contribution in [0.15, 0.2) is 0 Å². The van der Waals surface area contributed by atoms with E-state index in [0.29, 0.717) is 19.4 Å². The molecule has 0 saturated heterocycles. The van der Waals surface area contributed by atoms with E-state index < -0.39 is 5.60 Å². The fourth-order valence-corrected chi connectivity index (χ4v) is 0.671. The van der Waals surface area contributed by atoms with Gasteiger partial charge in [-0.3, -0.25) is 4.79 Å². The van der Waals surface area contributed by atoms with Crippen LogP contribution in [0, 0.1) is 0 Å². The molecule has 0 atom stereocenters. The third-order valence-corrected chi connectivity index (χ3v) is 1.48. The van der Waals surface area contributed by atoms with Gasteiger partial charge in [0.1, 0.15) is 5.60 Å². The molecule has 0 aliphatic heterocycles. The van der Waals surface area contributed by atoms with Crippen molar-refractivity contribution in [1.82, 2.24) is 5.32 Å². The highest BCUT2D eigenvalue weighted by Gasteiger charge is 2.47. The maximum absolute atomic E-state index is 10.8. The van der Waals surface area contributed by atoms with Crippen LogP contribution in [0.2, 0.25) is 0 Å². The summed E-state index contributed by atoms with van der Waals surface area (Å²) in [5.41, 5.74) is -0.990. The molecule has 1 rings (SSSR count). The lowest BCUT2D eigenvalue weighted by Gasteiger charge is -2.05. The van der Waals surface area contributed by atoms with Crippen LogP contribution in [0.3, 0.4) is 0 Å². The SMILES string of the molecule is CCNC(=O)C1(O)CC1. The Morgan fingerprint density at radius 2 is 2.33 bits per heavy atom. The third kappa shape index (κ3) is 1.21. The molecule has 0 unspecified atom stereocenters. The van der Waals surface area contributed by atoms with E-state index in [4.69, 9.17) is 5.11 Å². The molecule has 0 spiro atoms. The zero-order chi connectivity index (χ0) is 6.91. The lowest BCUT2D eigenvalue weighted by molar-refractivity contribution is -0.131. The first-order valence-electron chi connectivity index (χ1n) is 3.20. The van der Waals surface area contributed by atoms with Gasteiger partial charge in [-0.25, -0.2) is 0 Å². The van der Waals surface area contributed by atoms with Gasteiger partial charge in [0, 0.05) is 6.54 Å². The summed E-state index contributed by atoms with van der Waals surface area (Å²) in [7, 11) is 0. The second-order valence-corrected chi connectivity index (χ2v) is 2.39. The van der Waals surface area contributed by atoms with Crippen molar-refractivity contribution in [3.05, 3.63) is 0 Å². The van der Waals surface area contributed by atoms with E-state index in [1.807, 2.05) is 6.92 Å². The minimum absolute atomic E-state index is 0.218. The molecule has 0 aromatic heterocycles. The largest absolute Gasteiger partial charge is 0.380 e. The number of rotatable bonds is 2. The average molecular weight is 129 g/mol. The molecule has 0 aromatic rings. The Balaban J connectivity index is 2.34. The lowest BCUT2D eigenvalue weighted by atomic mass is 10.3. The van der Waals surface area contributed by atoms with Gasteiger partial charge in [-0.2, -0.15) is 0 Å². The summed E-state index contributed by atoms with van der Waals surface area (Å²) in [5.74, 6) is -0.218. The van der Waals surface area contributed by atoms with Crippen LogP contribution in [0.1, 0.15) is 19.8 Å². The summed E-state index contributed by atoms with van der Waals surface area (Å²) in [5, 5.41) is 11.7. The van der Waals surface area contributed by atoms with Crippen LogP contribution in [0.25, 0.3) is 0 Å². The van der Waals surface area contributed by atoms with Crippen LogP contribution < -0.4 is 5.32 Å². The summed E-state index contributed by atoms with van der Waals surface area (Å²) in [6, 6.07) is 0. The Labute approximate surface area is 54.1 Å². The van der Waals surface area contributed by atoms with Gasteiger partial charge in [0.25, 0.3) is 5.91 Å². The molecule has 1 aliphatic carbocycles. The van der Waals surface area contributed by atoms with Gasteiger partial charge in [0.2, 0.25) is 0 Å². The van der Waals surface area contributed by atoms with Crippen molar-refractivity contribution in [3.63, 3.8) is 0 Å². The number of aliphatic hydroxyl groups is 1. The molecule has 3 heteroatoms. The Bertz CT molecular complexity index is 129. The second kappa shape index (κ2) is 1.99. The zero-order valence-corrected chi connectivity index (χ0v) is 5.48. The fourth-order valence-electron chi connectivity index (χ4n) is 0.671. The van der Waals surface area contributed by atoms with E-state index in [9.17, 15) is 4.79 Å². The monoisotopic (exact) mass is 129 g/mol.